The Morgan fingerprint density at radius 2 is 1.58 bits per heavy atom. The molecule has 0 aliphatic rings. The molecule has 7 nitrogen and oxygen atoms in total. The van der Waals surface area contributed by atoms with E-state index >= 15 is 0 Å². The number of carbonyl (C=O) groups is 1. The Morgan fingerprint density at radius 1 is 1.04 bits per heavy atom. The van der Waals surface area contributed by atoms with Gasteiger partial charge in [-0.05, 0) is 55.5 Å². The van der Waals surface area contributed by atoms with Crippen LogP contribution in [0.25, 0.3) is 0 Å². The molecule has 0 saturated carbocycles. The summed E-state index contributed by atoms with van der Waals surface area (Å²) < 4.78 is 34.9. The van der Waals surface area contributed by atoms with Gasteiger partial charge in [-0.3, -0.25) is 9.10 Å². The number of rotatable bonds is 7. The molecule has 1 N–H and O–H groups in total. The highest BCUT2D eigenvalue weighted by Crippen LogP contribution is 2.21. The number of hydrogen-bond acceptors (Lipinski definition) is 5. The number of sulfonamides is 1. The van der Waals surface area contributed by atoms with Gasteiger partial charge in [0.05, 0.1) is 19.1 Å². The minimum absolute atomic E-state index is 0.299. The van der Waals surface area contributed by atoms with Crippen LogP contribution >= 0.6 is 0 Å². The van der Waals surface area contributed by atoms with Gasteiger partial charge >= 0.3 is 0 Å². The van der Waals surface area contributed by atoms with Crippen LogP contribution in [0.2, 0.25) is 0 Å². The van der Waals surface area contributed by atoms with E-state index in [0.29, 0.717) is 22.9 Å². The molecular formula is C18H22N2O5S. The van der Waals surface area contributed by atoms with Crippen molar-refractivity contribution in [3.05, 3.63) is 48.5 Å². The van der Waals surface area contributed by atoms with Crippen LogP contribution in [0.1, 0.15) is 6.92 Å². The quantitative estimate of drug-likeness (QED) is 0.800. The fourth-order valence-electron chi connectivity index (χ4n) is 2.10. The number of nitrogens with one attached hydrogen (secondary N) is 1. The normalized spacial score (nSPS) is 12.2. The van der Waals surface area contributed by atoms with Crippen LogP contribution < -0.4 is 19.1 Å². The molecule has 0 fully saturated rings. The summed E-state index contributed by atoms with van der Waals surface area (Å²) >= 11 is 0. The summed E-state index contributed by atoms with van der Waals surface area (Å²) in [6, 6.07) is 13.4. The minimum Gasteiger partial charge on any atom is -0.497 e. The molecule has 2 aromatic rings. The van der Waals surface area contributed by atoms with E-state index in [1.165, 1.54) is 7.05 Å². The Morgan fingerprint density at radius 3 is 2.08 bits per heavy atom. The molecule has 1 amide bonds. The van der Waals surface area contributed by atoms with E-state index in [1.54, 1.807) is 62.6 Å². The lowest BCUT2D eigenvalue weighted by molar-refractivity contribution is -0.122. The number of carbonyl (C=O) groups excluding carboxylic acids is 1. The Hall–Kier alpha value is -2.74. The smallest absolute Gasteiger partial charge is 0.265 e. The second kappa shape index (κ2) is 8.09. The van der Waals surface area contributed by atoms with E-state index in [1.807, 2.05) is 0 Å². The molecule has 8 heteroatoms. The molecule has 0 spiro atoms. The molecule has 0 aliphatic heterocycles. The molecule has 0 bridgehead atoms. The number of ether oxygens (including phenoxy) is 2. The predicted molar refractivity (Wildman–Crippen MR) is 101 cm³/mol. The zero-order valence-electron chi connectivity index (χ0n) is 15.1. The third-order valence-electron chi connectivity index (χ3n) is 3.74. The molecule has 0 heterocycles. The summed E-state index contributed by atoms with van der Waals surface area (Å²) in [6.07, 6.45) is 0.402. The van der Waals surface area contributed by atoms with Gasteiger partial charge in [-0.2, -0.15) is 0 Å². The molecule has 0 saturated heterocycles. The van der Waals surface area contributed by atoms with Gasteiger partial charge in [0.15, 0.2) is 6.10 Å². The van der Waals surface area contributed by atoms with Crippen LogP contribution in [0.15, 0.2) is 48.5 Å². The van der Waals surface area contributed by atoms with E-state index in [2.05, 4.69) is 5.32 Å². The van der Waals surface area contributed by atoms with Crippen molar-refractivity contribution in [1.82, 2.24) is 0 Å². The van der Waals surface area contributed by atoms with Crippen molar-refractivity contribution < 1.29 is 22.7 Å². The van der Waals surface area contributed by atoms with E-state index in [0.717, 1.165) is 10.6 Å². The summed E-state index contributed by atoms with van der Waals surface area (Å²) in [4.78, 5) is 12.2. The summed E-state index contributed by atoms with van der Waals surface area (Å²) in [5.74, 6) is 0.868. The third-order valence-corrected chi connectivity index (χ3v) is 4.94. The van der Waals surface area contributed by atoms with E-state index < -0.39 is 16.1 Å². The maximum atomic E-state index is 12.2. The van der Waals surface area contributed by atoms with Gasteiger partial charge < -0.3 is 14.8 Å². The van der Waals surface area contributed by atoms with Crippen molar-refractivity contribution in [2.75, 3.05) is 30.0 Å². The second-order valence-corrected chi connectivity index (χ2v) is 7.72. The van der Waals surface area contributed by atoms with Gasteiger partial charge in [0.2, 0.25) is 10.0 Å². The first-order chi connectivity index (χ1) is 12.2. The molecule has 26 heavy (non-hydrogen) atoms. The van der Waals surface area contributed by atoms with Gasteiger partial charge in [-0.25, -0.2) is 8.42 Å². The molecule has 2 rings (SSSR count). The number of anilines is 2. The van der Waals surface area contributed by atoms with E-state index in [-0.39, 0.29) is 5.91 Å². The molecule has 2 aromatic carbocycles. The van der Waals surface area contributed by atoms with Gasteiger partial charge in [0.1, 0.15) is 11.5 Å². The first kappa shape index (κ1) is 19.6. The van der Waals surface area contributed by atoms with Gasteiger partial charge in [-0.15, -0.1) is 0 Å². The monoisotopic (exact) mass is 378 g/mol. The Bertz CT molecular complexity index is 848. The zero-order valence-corrected chi connectivity index (χ0v) is 15.9. The highest BCUT2D eigenvalue weighted by Gasteiger charge is 2.16. The Kier molecular flexibility index (Phi) is 6.10. The largest absolute Gasteiger partial charge is 0.497 e. The lowest BCUT2D eigenvalue weighted by Crippen LogP contribution is -2.30. The topological polar surface area (TPSA) is 84.9 Å². The lowest BCUT2D eigenvalue weighted by atomic mass is 10.2. The first-order valence-corrected chi connectivity index (χ1v) is 9.71. The van der Waals surface area contributed by atoms with E-state index in [4.69, 9.17) is 9.47 Å². The molecule has 0 unspecified atom stereocenters. The Labute approximate surface area is 153 Å². The standard InChI is InChI=1S/C18H22N2O5S/c1-13(18(21)19-14-5-9-16(24-3)10-6-14)25-17-11-7-15(8-12-17)20(2)26(4,22)23/h5-13H,1-4H3,(H,19,21)/t13-/m1/s1. The van der Waals surface area contributed by atoms with Crippen molar-refractivity contribution in [2.45, 2.75) is 13.0 Å². The number of benzene rings is 2. The highest BCUT2D eigenvalue weighted by molar-refractivity contribution is 7.92. The minimum atomic E-state index is -3.33. The maximum Gasteiger partial charge on any atom is 0.265 e. The zero-order chi connectivity index (χ0) is 19.3. The molecule has 0 radical (unpaired) electrons. The maximum absolute atomic E-state index is 12.2. The van der Waals surface area contributed by atoms with Crippen molar-refractivity contribution in [2.24, 2.45) is 0 Å². The number of nitrogens with zero attached hydrogens (tertiary/aromatic N) is 1. The molecule has 0 aromatic heterocycles. The van der Waals surface area contributed by atoms with Crippen molar-refractivity contribution in [1.29, 1.82) is 0 Å². The van der Waals surface area contributed by atoms with Crippen molar-refractivity contribution in [3.8, 4) is 11.5 Å². The fourth-order valence-corrected chi connectivity index (χ4v) is 2.61. The SMILES string of the molecule is COc1ccc(NC(=O)[C@@H](C)Oc2ccc(N(C)S(C)(=O)=O)cc2)cc1. The third kappa shape index (κ3) is 5.13. The first-order valence-electron chi connectivity index (χ1n) is 7.86. The summed E-state index contributed by atoms with van der Waals surface area (Å²) in [6.45, 7) is 1.63. The number of methoxy groups -OCH3 is 1. The highest BCUT2D eigenvalue weighted by atomic mass is 32.2. The average Bonchev–Trinajstić information content (AvgIpc) is 2.61. The van der Waals surface area contributed by atoms with Crippen molar-refractivity contribution in [3.63, 3.8) is 0 Å². The summed E-state index contributed by atoms with van der Waals surface area (Å²) in [5.41, 5.74) is 1.14. The van der Waals surface area contributed by atoms with Crippen LogP contribution in [-0.4, -0.2) is 40.8 Å². The van der Waals surface area contributed by atoms with Gasteiger partial charge in [0.25, 0.3) is 5.91 Å². The molecule has 140 valence electrons. The molecule has 1 atom stereocenters. The van der Waals surface area contributed by atoms with Gasteiger partial charge in [-0.1, -0.05) is 0 Å². The second-order valence-electron chi connectivity index (χ2n) is 5.70. The summed E-state index contributed by atoms with van der Waals surface area (Å²) in [5, 5.41) is 2.76. The number of amides is 1. The average molecular weight is 378 g/mol. The van der Waals surface area contributed by atoms with Crippen LogP contribution in [0, 0.1) is 0 Å². The van der Waals surface area contributed by atoms with Gasteiger partial charge in [0, 0.05) is 12.7 Å². The van der Waals surface area contributed by atoms with E-state index in [9.17, 15) is 13.2 Å². The predicted octanol–water partition coefficient (Wildman–Crippen LogP) is 2.50. The molecule has 0 aliphatic carbocycles. The van der Waals surface area contributed by atoms with Crippen LogP contribution in [0.3, 0.4) is 0 Å². The Balaban J connectivity index is 1.97. The van der Waals surface area contributed by atoms with Crippen LogP contribution in [0.4, 0.5) is 11.4 Å². The summed E-state index contributed by atoms with van der Waals surface area (Å²) in [7, 11) is -0.285. The van der Waals surface area contributed by atoms with Crippen LogP contribution in [-0.2, 0) is 14.8 Å². The fraction of sp³-hybridized carbons (Fsp3) is 0.278. The van der Waals surface area contributed by atoms with Crippen LogP contribution in [0.5, 0.6) is 11.5 Å². The molecular weight excluding hydrogens is 356 g/mol. The number of hydrogen-bond donors (Lipinski definition) is 1. The lowest BCUT2D eigenvalue weighted by Gasteiger charge is -2.18. The van der Waals surface area contributed by atoms with Crippen molar-refractivity contribution >= 4 is 27.3 Å².